The maximum Gasteiger partial charge on any atom is 0.245 e. The van der Waals surface area contributed by atoms with Gasteiger partial charge in [0.1, 0.15) is 11.6 Å². The Morgan fingerprint density at radius 2 is 1.90 bits per heavy atom. The van der Waals surface area contributed by atoms with Gasteiger partial charge in [-0.25, -0.2) is 13.9 Å². The topological polar surface area (TPSA) is 63.9 Å². The van der Waals surface area contributed by atoms with Crippen molar-refractivity contribution in [1.29, 1.82) is 0 Å². The Balaban J connectivity index is 1.44. The number of anilines is 3. The first-order valence-electron chi connectivity index (χ1n) is 10.1. The number of para-hydroxylation sites is 1. The molecule has 0 spiro atoms. The summed E-state index contributed by atoms with van der Waals surface area (Å²) in [6, 6.07) is 16.8. The highest BCUT2D eigenvalue weighted by atomic mass is 19.1. The molecule has 1 aliphatic rings. The van der Waals surface area contributed by atoms with Crippen LogP contribution >= 0.6 is 0 Å². The number of rotatable bonds is 5. The molecule has 1 N–H and O–H groups in total. The lowest BCUT2D eigenvalue weighted by molar-refractivity contribution is 0.122. The zero-order valence-corrected chi connectivity index (χ0v) is 17.1. The summed E-state index contributed by atoms with van der Waals surface area (Å²) in [6.45, 7) is 2.59. The van der Waals surface area contributed by atoms with Crippen molar-refractivity contribution in [2.45, 2.75) is 0 Å². The first-order valence-corrected chi connectivity index (χ1v) is 10.1. The molecule has 0 aliphatic carbocycles. The standard InChI is InChI=1S/C23H22FN5O2/c1-30-22-5-3-2-4-18(22)20-9-7-17-15-25-23(27-29(17)20)26-16-6-8-21(19(24)14-16)28-10-12-31-13-11-28/h2-9,14-15H,10-13H2,1H3,(H,26,27). The summed E-state index contributed by atoms with van der Waals surface area (Å²) in [5.41, 5.74) is 3.82. The van der Waals surface area contributed by atoms with Gasteiger partial charge in [-0.3, -0.25) is 0 Å². The summed E-state index contributed by atoms with van der Waals surface area (Å²) in [7, 11) is 1.64. The van der Waals surface area contributed by atoms with Crippen molar-refractivity contribution in [2.24, 2.45) is 0 Å². The minimum atomic E-state index is -0.288. The van der Waals surface area contributed by atoms with E-state index in [1.165, 1.54) is 6.07 Å². The zero-order valence-electron chi connectivity index (χ0n) is 17.1. The molecule has 4 aromatic rings. The Morgan fingerprint density at radius 3 is 2.71 bits per heavy atom. The van der Waals surface area contributed by atoms with Crippen molar-refractivity contribution in [3.63, 3.8) is 0 Å². The first-order chi connectivity index (χ1) is 15.2. The molecule has 1 saturated heterocycles. The molecule has 158 valence electrons. The van der Waals surface area contributed by atoms with Crippen LogP contribution in [0.1, 0.15) is 0 Å². The number of nitrogens with one attached hydrogen (secondary N) is 1. The van der Waals surface area contributed by atoms with E-state index >= 15 is 0 Å². The zero-order chi connectivity index (χ0) is 21.2. The quantitative estimate of drug-likeness (QED) is 0.525. The number of ether oxygens (including phenoxy) is 2. The number of hydrogen-bond donors (Lipinski definition) is 1. The summed E-state index contributed by atoms with van der Waals surface area (Å²) < 4.78 is 27.4. The summed E-state index contributed by atoms with van der Waals surface area (Å²) in [6.07, 6.45) is 1.73. The Bertz CT molecular complexity index is 1220. The number of benzene rings is 2. The third kappa shape index (κ3) is 3.77. The minimum Gasteiger partial charge on any atom is -0.496 e. The highest BCUT2D eigenvalue weighted by Gasteiger charge is 2.16. The maximum atomic E-state index is 14.7. The third-order valence-corrected chi connectivity index (χ3v) is 5.34. The molecular formula is C23H22FN5O2. The molecule has 5 rings (SSSR count). The molecule has 1 fully saturated rings. The Labute approximate surface area is 179 Å². The number of hydrogen-bond acceptors (Lipinski definition) is 6. The summed E-state index contributed by atoms with van der Waals surface area (Å²) >= 11 is 0. The van der Waals surface area contributed by atoms with Crippen LogP contribution in [-0.4, -0.2) is 48.0 Å². The fourth-order valence-corrected chi connectivity index (χ4v) is 3.79. The van der Waals surface area contributed by atoms with E-state index < -0.39 is 0 Å². The van der Waals surface area contributed by atoms with Crippen LogP contribution < -0.4 is 15.0 Å². The lowest BCUT2D eigenvalue weighted by Gasteiger charge is -2.29. The fourth-order valence-electron chi connectivity index (χ4n) is 3.79. The highest BCUT2D eigenvalue weighted by molar-refractivity contribution is 5.72. The minimum absolute atomic E-state index is 0.288. The summed E-state index contributed by atoms with van der Waals surface area (Å²) in [4.78, 5) is 6.36. The van der Waals surface area contributed by atoms with Gasteiger partial charge in [0, 0.05) is 24.3 Å². The van der Waals surface area contributed by atoms with Gasteiger partial charge in [-0.1, -0.05) is 12.1 Å². The average molecular weight is 419 g/mol. The molecule has 7 nitrogen and oxygen atoms in total. The molecule has 2 aromatic carbocycles. The molecule has 8 heteroatoms. The molecule has 0 unspecified atom stereocenters. The van der Waals surface area contributed by atoms with Gasteiger partial charge < -0.3 is 19.7 Å². The molecule has 0 atom stereocenters. The third-order valence-electron chi connectivity index (χ3n) is 5.34. The van der Waals surface area contributed by atoms with Crippen molar-refractivity contribution < 1.29 is 13.9 Å². The second-order valence-electron chi connectivity index (χ2n) is 7.23. The normalized spacial score (nSPS) is 14.1. The Kier molecular flexibility index (Phi) is 5.13. The summed E-state index contributed by atoms with van der Waals surface area (Å²) in [5.74, 6) is 0.846. The van der Waals surface area contributed by atoms with Crippen LogP contribution in [-0.2, 0) is 4.74 Å². The van der Waals surface area contributed by atoms with E-state index in [-0.39, 0.29) is 5.82 Å². The lowest BCUT2D eigenvalue weighted by atomic mass is 10.1. The average Bonchev–Trinajstić information content (AvgIpc) is 3.23. The van der Waals surface area contributed by atoms with Crippen LogP contribution in [0.5, 0.6) is 5.75 Å². The van der Waals surface area contributed by atoms with Gasteiger partial charge in [0.2, 0.25) is 5.95 Å². The molecule has 2 aromatic heterocycles. The number of halogens is 1. The van der Waals surface area contributed by atoms with Crippen molar-refractivity contribution in [3.8, 4) is 17.0 Å². The van der Waals surface area contributed by atoms with Gasteiger partial charge in [0.25, 0.3) is 0 Å². The van der Waals surface area contributed by atoms with E-state index in [1.54, 1.807) is 23.9 Å². The highest BCUT2D eigenvalue weighted by Crippen LogP contribution is 2.31. The molecule has 3 heterocycles. The van der Waals surface area contributed by atoms with Crippen LogP contribution in [0.2, 0.25) is 0 Å². The fraction of sp³-hybridized carbons (Fsp3) is 0.217. The van der Waals surface area contributed by atoms with Gasteiger partial charge >= 0.3 is 0 Å². The van der Waals surface area contributed by atoms with E-state index in [1.807, 2.05) is 47.4 Å². The summed E-state index contributed by atoms with van der Waals surface area (Å²) in [5, 5.41) is 7.72. The van der Waals surface area contributed by atoms with Gasteiger partial charge in [0.15, 0.2) is 0 Å². The van der Waals surface area contributed by atoms with Gasteiger partial charge in [-0.05, 0) is 42.5 Å². The molecule has 0 radical (unpaired) electrons. The monoisotopic (exact) mass is 419 g/mol. The van der Waals surface area contributed by atoms with Gasteiger partial charge in [0.05, 0.1) is 43.4 Å². The largest absolute Gasteiger partial charge is 0.496 e. The van der Waals surface area contributed by atoms with Crippen LogP contribution in [0, 0.1) is 5.82 Å². The lowest BCUT2D eigenvalue weighted by Crippen LogP contribution is -2.36. The molecule has 0 amide bonds. The predicted octanol–water partition coefficient (Wildman–Crippen LogP) is 4.12. The van der Waals surface area contributed by atoms with Crippen LogP contribution in [0.3, 0.4) is 0 Å². The molecule has 1 aliphatic heterocycles. The predicted molar refractivity (Wildman–Crippen MR) is 118 cm³/mol. The van der Waals surface area contributed by atoms with Crippen molar-refractivity contribution >= 4 is 22.8 Å². The van der Waals surface area contributed by atoms with E-state index in [9.17, 15) is 4.39 Å². The van der Waals surface area contributed by atoms with E-state index in [0.717, 1.165) is 22.5 Å². The van der Waals surface area contributed by atoms with Crippen LogP contribution in [0.15, 0.2) is 60.8 Å². The molecule has 31 heavy (non-hydrogen) atoms. The Morgan fingerprint density at radius 1 is 1.06 bits per heavy atom. The van der Waals surface area contributed by atoms with Crippen molar-refractivity contribution in [3.05, 3.63) is 66.6 Å². The molecule has 0 bridgehead atoms. The SMILES string of the molecule is COc1ccccc1-c1ccc2cnc(Nc3ccc(N4CCOCC4)c(F)c3)nn12. The number of nitrogens with zero attached hydrogens (tertiary/aromatic N) is 4. The van der Waals surface area contributed by atoms with E-state index in [4.69, 9.17) is 9.47 Å². The number of methoxy groups -OCH3 is 1. The van der Waals surface area contributed by atoms with Crippen LogP contribution in [0.25, 0.3) is 16.8 Å². The van der Waals surface area contributed by atoms with Gasteiger partial charge in [-0.15, -0.1) is 5.10 Å². The second-order valence-corrected chi connectivity index (χ2v) is 7.23. The Hall–Kier alpha value is -3.65. The first kappa shape index (κ1) is 19.3. The maximum absolute atomic E-state index is 14.7. The van der Waals surface area contributed by atoms with Crippen LogP contribution in [0.4, 0.5) is 21.7 Å². The molecular weight excluding hydrogens is 397 g/mol. The van der Waals surface area contributed by atoms with Crippen molar-refractivity contribution in [1.82, 2.24) is 14.6 Å². The second kappa shape index (κ2) is 8.23. The van der Waals surface area contributed by atoms with Crippen molar-refractivity contribution in [2.75, 3.05) is 43.6 Å². The van der Waals surface area contributed by atoms with Gasteiger partial charge in [-0.2, -0.15) is 0 Å². The number of morpholine rings is 1. The molecule has 0 saturated carbocycles. The number of fused-ring (bicyclic) bond motifs is 1. The van der Waals surface area contributed by atoms with E-state index in [2.05, 4.69) is 15.4 Å². The smallest absolute Gasteiger partial charge is 0.245 e. The number of aromatic nitrogens is 3. The van der Waals surface area contributed by atoms with E-state index in [0.29, 0.717) is 43.6 Å².